The van der Waals surface area contributed by atoms with Gasteiger partial charge < -0.3 is 15.0 Å². The van der Waals surface area contributed by atoms with Crippen LogP contribution < -0.4 is 10.5 Å². The molecule has 1 aromatic carbocycles. The van der Waals surface area contributed by atoms with Gasteiger partial charge in [0, 0.05) is 18.7 Å². The minimum atomic E-state index is -0.360. The summed E-state index contributed by atoms with van der Waals surface area (Å²) in [5, 5.41) is 8.05. The molecule has 0 aliphatic rings. The molecule has 0 atom stereocenters. The SMILES string of the molecule is Cn1nnc(-c2ccccc2F)c1COc1ccc(-n2cnc(N)c2)cn1. The van der Waals surface area contributed by atoms with Crippen molar-refractivity contribution in [2.24, 2.45) is 7.05 Å². The fourth-order valence-corrected chi connectivity index (χ4v) is 2.63. The van der Waals surface area contributed by atoms with Gasteiger partial charge in [-0.2, -0.15) is 0 Å². The zero-order valence-electron chi connectivity index (χ0n) is 14.5. The maximum absolute atomic E-state index is 14.1. The van der Waals surface area contributed by atoms with Crippen molar-refractivity contribution in [1.82, 2.24) is 29.5 Å². The molecule has 0 radical (unpaired) electrons. The molecular formula is C18H16FN7O. The highest BCUT2D eigenvalue weighted by atomic mass is 19.1. The number of anilines is 1. The van der Waals surface area contributed by atoms with Gasteiger partial charge >= 0.3 is 0 Å². The number of nitrogens with two attached hydrogens (primary N) is 1. The van der Waals surface area contributed by atoms with E-state index in [4.69, 9.17) is 10.5 Å². The molecule has 9 heteroatoms. The fourth-order valence-electron chi connectivity index (χ4n) is 2.63. The molecular weight excluding hydrogens is 349 g/mol. The third-order valence-electron chi connectivity index (χ3n) is 4.05. The first-order valence-electron chi connectivity index (χ1n) is 8.14. The maximum Gasteiger partial charge on any atom is 0.213 e. The molecule has 0 fully saturated rings. The van der Waals surface area contributed by atoms with Crippen LogP contribution in [0.1, 0.15) is 5.69 Å². The Labute approximate surface area is 154 Å². The standard InChI is InChI=1S/C18H16FN7O/c1-25-15(18(23-24-25)13-4-2-3-5-14(13)19)10-27-17-7-6-12(8-21-17)26-9-16(20)22-11-26/h2-9,11H,10,20H2,1H3. The number of nitrogens with zero attached hydrogens (tertiary/aromatic N) is 6. The number of ether oxygens (including phenoxy) is 1. The van der Waals surface area contributed by atoms with E-state index < -0.39 is 0 Å². The van der Waals surface area contributed by atoms with E-state index in [0.29, 0.717) is 28.6 Å². The van der Waals surface area contributed by atoms with Gasteiger partial charge in [0.2, 0.25) is 5.88 Å². The zero-order chi connectivity index (χ0) is 18.8. The number of rotatable bonds is 5. The number of imidazole rings is 1. The van der Waals surface area contributed by atoms with Gasteiger partial charge in [-0.1, -0.05) is 17.3 Å². The Balaban J connectivity index is 1.53. The number of aromatic nitrogens is 6. The van der Waals surface area contributed by atoms with Crippen molar-refractivity contribution in [3.8, 4) is 22.8 Å². The van der Waals surface area contributed by atoms with E-state index in [-0.39, 0.29) is 12.4 Å². The third kappa shape index (κ3) is 3.34. The molecule has 0 aliphatic heterocycles. The highest BCUT2D eigenvalue weighted by Crippen LogP contribution is 2.24. The Hall–Kier alpha value is -3.75. The van der Waals surface area contributed by atoms with E-state index in [0.717, 1.165) is 5.69 Å². The van der Waals surface area contributed by atoms with E-state index in [9.17, 15) is 4.39 Å². The van der Waals surface area contributed by atoms with E-state index in [1.807, 2.05) is 6.07 Å². The maximum atomic E-state index is 14.1. The summed E-state index contributed by atoms with van der Waals surface area (Å²) in [6.45, 7) is 0.150. The Morgan fingerprint density at radius 1 is 1.15 bits per heavy atom. The van der Waals surface area contributed by atoms with Crippen LogP contribution >= 0.6 is 0 Å². The monoisotopic (exact) mass is 365 g/mol. The van der Waals surface area contributed by atoms with Crippen LogP contribution in [0.3, 0.4) is 0 Å². The topological polar surface area (TPSA) is 96.7 Å². The van der Waals surface area contributed by atoms with E-state index in [1.54, 1.807) is 59.3 Å². The van der Waals surface area contributed by atoms with Gasteiger partial charge in [-0.3, -0.25) is 0 Å². The molecule has 0 saturated heterocycles. The molecule has 8 nitrogen and oxygen atoms in total. The van der Waals surface area contributed by atoms with Crippen LogP contribution in [0.4, 0.5) is 10.2 Å². The summed E-state index contributed by atoms with van der Waals surface area (Å²) in [7, 11) is 1.73. The van der Waals surface area contributed by atoms with Crippen molar-refractivity contribution in [2.75, 3.05) is 5.73 Å². The Morgan fingerprint density at radius 2 is 2.00 bits per heavy atom. The normalized spacial score (nSPS) is 10.9. The molecule has 3 heterocycles. The average Bonchev–Trinajstić information content (AvgIpc) is 3.27. The lowest BCUT2D eigenvalue weighted by molar-refractivity contribution is 0.283. The number of hydrogen-bond donors (Lipinski definition) is 1. The largest absolute Gasteiger partial charge is 0.471 e. The van der Waals surface area contributed by atoms with Gasteiger partial charge in [-0.05, 0) is 18.2 Å². The Bertz CT molecular complexity index is 1070. The summed E-state index contributed by atoms with van der Waals surface area (Å²) < 4.78 is 23.2. The predicted octanol–water partition coefficient (Wildman–Crippen LogP) is 2.36. The summed E-state index contributed by atoms with van der Waals surface area (Å²) in [5.74, 6) is 0.494. The second-order valence-corrected chi connectivity index (χ2v) is 5.84. The Kier molecular flexibility index (Phi) is 4.25. The molecule has 0 saturated carbocycles. The van der Waals surface area contributed by atoms with Crippen LogP contribution in [-0.2, 0) is 13.7 Å². The number of benzene rings is 1. The van der Waals surface area contributed by atoms with Crippen LogP contribution in [0, 0.1) is 5.82 Å². The number of nitrogen functional groups attached to an aromatic ring is 1. The minimum Gasteiger partial charge on any atom is -0.471 e. The van der Waals surface area contributed by atoms with Gasteiger partial charge in [0.05, 0.1) is 18.1 Å². The summed E-state index contributed by atoms with van der Waals surface area (Å²) in [6, 6.07) is 10.00. The van der Waals surface area contributed by atoms with Gasteiger partial charge in [-0.25, -0.2) is 19.0 Å². The molecule has 4 aromatic rings. The number of pyridine rings is 1. The van der Waals surface area contributed by atoms with Crippen molar-refractivity contribution in [2.45, 2.75) is 6.61 Å². The molecule has 0 aliphatic carbocycles. The lowest BCUT2D eigenvalue weighted by Crippen LogP contribution is -2.05. The van der Waals surface area contributed by atoms with Gasteiger partial charge in [-0.15, -0.1) is 5.10 Å². The van der Waals surface area contributed by atoms with Crippen molar-refractivity contribution in [3.63, 3.8) is 0 Å². The first-order chi connectivity index (χ1) is 13.1. The molecule has 3 aromatic heterocycles. The first-order valence-corrected chi connectivity index (χ1v) is 8.14. The lowest BCUT2D eigenvalue weighted by Gasteiger charge is -2.08. The highest BCUT2D eigenvalue weighted by molar-refractivity contribution is 5.61. The van der Waals surface area contributed by atoms with Crippen LogP contribution in [-0.4, -0.2) is 29.5 Å². The number of hydrogen-bond acceptors (Lipinski definition) is 6. The molecule has 0 unspecified atom stereocenters. The Morgan fingerprint density at radius 3 is 2.70 bits per heavy atom. The molecule has 136 valence electrons. The summed E-state index contributed by atoms with van der Waals surface area (Å²) in [6.07, 6.45) is 4.95. The molecule has 4 rings (SSSR count). The highest BCUT2D eigenvalue weighted by Gasteiger charge is 2.16. The van der Waals surface area contributed by atoms with Crippen molar-refractivity contribution >= 4 is 5.82 Å². The second-order valence-electron chi connectivity index (χ2n) is 5.84. The molecule has 0 bridgehead atoms. The second kappa shape index (κ2) is 6.87. The van der Waals surface area contributed by atoms with Gasteiger partial charge in [0.1, 0.15) is 36.0 Å². The molecule has 0 spiro atoms. The minimum absolute atomic E-state index is 0.150. The van der Waals surface area contributed by atoms with Crippen LogP contribution in [0.15, 0.2) is 55.1 Å². The fraction of sp³-hybridized carbons (Fsp3) is 0.111. The quantitative estimate of drug-likeness (QED) is 0.583. The zero-order valence-corrected chi connectivity index (χ0v) is 14.5. The van der Waals surface area contributed by atoms with Crippen LogP contribution in [0.5, 0.6) is 5.88 Å². The molecule has 0 amide bonds. The van der Waals surface area contributed by atoms with Crippen molar-refractivity contribution in [1.29, 1.82) is 0 Å². The van der Waals surface area contributed by atoms with Gasteiger partial charge in [0.15, 0.2) is 0 Å². The number of aryl methyl sites for hydroxylation is 1. The van der Waals surface area contributed by atoms with Crippen molar-refractivity contribution < 1.29 is 9.13 Å². The van der Waals surface area contributed by atoms with Crippen LogP contribution in [0.25, 0.3) is 16.9 Å². The average molecular weight is 365 g/mol. The van der Waals surface area contributed by atoms with Gasteiger partial charge in [0.25, 0.3) is 0 Å². The smallest absolute Gasteiger partial charge is 0.213 e. The van der Waals surface area contributed by atoms with E-state index >= 15 is 0 Å². The molecule has 2 N–H and O–H groups in total. The first kappa shape index (κ1) is 16.7. The van der Waals surface area contributed by atoms with Crippen molar-refractivity contribution in [3.05, 3.63) is 66.6 Å². The third-order valence-corrected chi connectivity index (χ3v) is 4.05. The molecule has 27 heavy (non-hydrogen) atoms. The number of halogens is 1. The summed E-state index contributed by atoms with van der Waals surface area (Å²) in [5.41, 5.74) is 7.89. The van der Waals surface area contributed by atoms with E-state index in [2.05, 4.69) is 20.3 Å². The predicted molar refractivity (Wildman–Crippen MR) is 96.5 cm³/mol. The summed E-state index contributed by atoms with van der Waals surface area (Å²) >= 11 is 0. The summed E-state index contributed by atoms with van der Waals surface area (Å²) in [4.78, 5) is 8.25. The lowest BCUT2D eigenvalue weighted by atomic mass is 10.1. The van der Waals surface area contributed by atoms with E-state index in [1.165, 1.54) is 6.07 Å². The van der Waals surface area contributed by atoms with Crippen LogP contribution in [0.2, 0.25) is 0 Å².